The van der Waals surface area contributed by atoms with Crippen LogP contribution in [0, 0.1) is 6.92 Å². The van der Waals surface area contributed by atoms with Crippen molar-refractivity contribution < 1.29 is 14.3 Å². The molecule has 5 nitrogen and oxygen atoms in total. The summed E-state index contributed by atoms with van der Waals surface area (Å²) in [6.45, 7) is 6.15. The summed E-state index contributed by atoms with van der Waals surface area (Å²) in [7, 11) is 0. The second-order valence-corrected chi connectivity index (χ2v) is 5.29. The minimum atomic E-state index is -0.208. The van der Waals surface area contributed by atoms with E-state index in [9.17, 15) is 9.59 Å². The SMILES string of the molecule is CCOc1ccc(C(=O)Nc2cccc(NC(=O)CC)c2C)cc1. The van der Waals surface area contributed by atoms with Crippen molar-refractivity contribution in [1.82, 2.24) is 0 Å². The maximum atomic E-state index is 12.4. The highest BCUT2D eigenvalue weighted by Crippen LogP contribution is 2.24. The number of anilines is 2. The molecule has 2 amide bonds. The number of hydrogen-bond acceptors (Lipinski definition) is 3. The van der Waals surface area contributed by atoms with Crippen LogP contribution in [0.5, 0.6) is 5.75 Å². The molecule has 0 saturated carbocycles. The van der Waals surface area contributed by atoms with Gasteiger partial charge in [0, 0.05) is 23.4 Å². The van der Waals surface area contributed by atoms with Crippen LogP contribution in [0.15, 0.2) is 42.5 Å². The van der Waals surface area contributed by atoms with Gasteiger partial charge in [-0.1, -0.05) is 13.0 Å². The number of rotatable bonds is 6. The average molecular weight is 326 g/mol. The summed E-state index contributed by atoms with van der Waals surface area (Å²) in [6, 6.07) is 12.4. The van der Waals surface area contributed by atoms with Gasteiger partial charge < -0.3 is 15.4 Å². The Morgan fingerprint density at radius 3 is 2.17 bits per heavy atom. The molecule has 0 bridgehead atoms. The van der Waals surface area contributed by atoms with Gasteiger partial charge in [0.15, 0.2) is 0 Å². The number of ether oxygens (including phenoxy) is 1. The van der Waals surface area contributed by atoms with Crippen molar-refractivity contribution in [3.05, 3.63) is 53.6 Å². The van der Waals surface area contributed by atoms with E-state index in [0.717, 1.165) is 11.3 Å². The largest absolute Gasteiger partial charge is 0.494 e. The summed E-state index contributed by atoms with van der Waals surface area (Å²) in [5.74, 6) is 0.461. The van der Waals surface area contributed by atoms with Gasteiger partial charge in [-0.2, -0.15) is 0 Å². The molecule has 0 saturated heterocycles. The molecule has 0 radical (unpaired) electrons. The molecular weight excluding hydrogens is 304 g/mol. The molecule has 0 unspecified atom stereocenters. The van der Waals surface area contributed by atoms with E-state index in [1.54, 1.807) is 37.3 Å². The highest BCUT2D eigenvalue weighted by molar-refractivity contribution is 6.05. The zero-order valence-electron chi connectivity index (χ0n) is 14.2. The van der Waals surface area contributed by atoms with E-state index in [4.69, 9.17) is 4.74 Å². The van der Waals surface area contributed by atoms with E-state index in [-0.39, 0.29) is 11.8 Å². The third-order valence-electron chi connectivity index (χ3n) is 3.60. The van der Waals surface area contributed by atoms with Crippen molar-refractivity contribution in [2.75, 3.05) is 17.2 Å². The molecule has 0 aliphatic heterocycles. The minimum absolute atomic E-state index is 0.0620. The molecule has 0 atom stereocenters. The Bertz CT molecular complexity index is 724. The third kappa shape index (κ3) is 4.35. The topological polar surface area (TPSA) is 67.4 Å². The predicted molar refractivity (Wildman–Crippen MR) is 95.7 cm³/mol. The van der Waals surface area contributed by atoms with Gasteiger partial charge in [0.2, 0.25) is 5.91 Å². The number of hydrogen-bond donors (Lipinski definition) is 2. The van der Waals surface area contributed by atoms with E-state index >= 15 is 0 Å². The smallest absolute Gasteiger partial charge is 0.255 e. The predicted octanol–water partition coefficient (Wildman–Crippen LogP) is 3.99. The van der Waals surface area contributed by atoms with Crippen LogP contribution in [0.25, 0.3) is 0 Å². The number of nitrogens with one attached hydrogen (secondary N) is 2. The number of carbonyl (C=O) groups excluding carboxylic acids is 2. The second-order valence-electron chi connectivity index (χ2n) is 5.29. The fourth-order valence-corrected chi connectivity index (χ4v) is 2.21. The van der Waals surface area contributed by atoms with Crippen LogP contribution < -0.4 is 15.4 Å². The minimum Gasteiger partial charge on any atom is -0.494 e. The number of benzene rings is 2. The first-order valence-corrected chi connectivity index (χ1v) is 7.98. The molecule has 126 valence electrons. The van der Waals surface area contributed by atoms with Crippen LogP contribution in [-0.2, 0) is 4.79 Å². The molecule has 0 fully saturated rings. The second kappa shape index (κ2) is 8.15. The van der Waals surface area contributed by atoms with Gasteiger partial charge in [-0.15, -0.1) is 0 Å². The van der Waals surface area contributed by atoms with Gasteiger partial charge in [0.05, 0.1) is 6.61 Å². The summed E-state index contributed by atoms with van der Waals surface area (Å²) < 4.78 is 5.37. The zero-order chi connectivity index (χ0) is 17.5. The molecule has 2 rings (SSSR count). The average Bonchev–Trinajstić information content (AvgIpc) is 2.59. The summed E-state index contributed by atoms with van der Waals surface area (Å²) in [6.07, 6.45) is 0.405. The highest BCUT2D eigenvalue weighted by Gasteiger charge is 2.11. The molecule has 24 heavy (non-hydrogen) atoms. The van der Waals surface area contributed by atoms with Crippen LogP contribution in [-0.4, -0.2) is 18.4 Å². The summed E-state index contributed by atoms with van der Waals surface area (Å²) in [5, 5.41) is 5.71. The van der Waals surface area contributed by atoms with E-state index < -0.39 is 0 Å². The van der Waals surface area contributed by atoms with Crippen molar-refractivity contribution >= 4 is 23.2 Å². The Morgan fingerprint density at radius 1 is 0.958 bits per heavy atom. The van der Waals surface area contributed by atoms with Gasteiger partial charge in [0.25, 0.3) is 5.91 Å². The van der Waals surface area contributed by atoms with Crippen molar-refractivity contribution in [3.63, 3.8) is 0 Å². The molecule has 2 aromatic rings. The first-order chi connectivity index (χ1) is 11.5. The van der Waals surface area contributed by atoms with E-state index in [0.29, 0.717) is 30.0 Å². The fraction of sp³-hybridized carbons (Fsp3) is 0.263. The normalized spacial score (nSPS) is 10.1. The maximum absolute atomic E-state index is 12.4. The lowest BCUT2D eigenvalue weighted by molar-refractivity contribution is -0.115. The van der Waals surface area contributed by atoms with E-state index in [1.807, 2.05) is 26.0 Å². The molecule has 0 spiro atoms. The Balaban J connectivity index is 2.13. The molecule has 0 aromatic heterocycles. The molecule has 0 heterocycles. The number of carbonyl (C=O) groups is 2. The zero-order valence-corrected chi connectivity index (χ0v) is 14.2. The van der Waals surface area contributed by atoms with Crippen LogP contribution in [0.1, 0.15) is 36.2 Å². The van der Waals surface area contributed by atoms with Crippen molar-refractivity contribution in [3.8, 4) is 5.75 Å². The molecule has 5 heteroatoms. The Morgan fingerprint density at radius 2 is 1.58 bits per heavy atom. The Kier molecular flexibility index (Phi) is 5.95. The van der Waals surface area contributed by atoms with Crippen molar-refractivity contribution in [2.45, 2.75) is 27.2 Å². The van der Waals surface area contributed by atoms with E-state index in [2.05, 4.69) is 10.6 Å². The third-order valence-corrected chi connectivity index (χ3v) is 3.60. The maximum Gasteiger partial charge on any atom is 0.255 e. The molecule has 2 aromatic carbocycles. The Hall–Kier alpha value is -2.82. The standard InChI is InChI=1S/C19H22N2O3/c1-4-18(22)20-16-7-6-8-17(13(16)3)21-19(23)14-9-11-15(12-10-14)24-5-2/h6-12H,4-5H2,1-3H3,(H,20,22)(H,21,23). The van der Waals surface area contributed by atoms with Crippen LogP contribution in [0.4, 0.5) is 11.4 Å². The summed E-state index contributed by atoms with van der Waals surface area (Å²) >= 11 is 0. The lowest BCUT2D eigenvalue weighted by Crippen LogP contribution is -2.15. The van der Waals surface area contributed by atoms with Crippen molar-refractivity contribution in [2.24, 2.45) is 0 Å². The van der Waals surface area contributed by atoms with Gasteiger partial charge >= 0.3 is 0 Å². The van der Waals surface area contributed by atoms with Gasteiger partial charge in [-0.25, -0.2) is 0 Å². The Labute approximate surface area is 142 Å². The molecule has 0 aliphatic carbocycles. The summed E-state index contributed by atoms with van der Waals surface area (Å²) in [4.78, 5) is 23.9. The van der Waals surface area contributed by atoms with Crippen molar-refractivity contribution in [1.29, 1.82) is 0 Å². The first kappa shape index (κ1) is 17.5. The molecule has 0 aliphatic rings. The monoisotopic (exact) mass is 326 g/mol. The van der Waals surface area contributed by atoms with Gasteiger partial charge in [-0.3, -0.25) is 9.59 Å². The lowest BCUT2D eigenvalue weighted by atomic mass is 10.1. The van der Waals surface area contributed by atoms with Crippen LogP contribution in [0.2, 0.25) is 0 Å². The van der Waals surface area contributed by atoms with Gasteiger partial charge in [-0.05, 0) is 55.8 Å². The quantitative estimate of drug-likeness (QED) is 0.843. The van der Waals surface area contributed by atoms with Crippen LogP contribution >= 0.6 is 0 Å². The molecular formula is C19H22N2O3. The molecule has 2 N–H and O–H groups in total. The fourth-order valence-electron chi connectivity index (χ4n) is 2.21. The first-order valence-electron chi connectivity index (χ1n) is 7.98. The van der Waals surface area contributed by atoms with Crippen LogP contribution in [0.3, 0.4) is 0 Å². The summed E-state index contributed by atoms with van der Waals surface area (Å²) in [5.41, 5.74) is 2.73. The van der Waals surface area contributed by atoms with E-state index in [1.165, 1.54) is 0 Å². The highest BCUT2D eigenvalue weighted by atomic mass is 16.5. The van der Waals surface area contributed by atoms with Gasteiger partial charge in [0.1, 0.15) is 5.75 Å². The number of amides is 2. The lowest BCUT2D eigenvalue weighted by Gasteiger charge is -2.13.